The van der Waals surface area contributed by atoms with Gasteiger partial charge in [-0.2, -0.15) is 0 Å². The molecule has 1 aromatic carbocycles. The Kier molecular flexibility index (Phi) is 4.76. The van der Waals surface area contributed by atoms with Crippen molar-refractivity contribution in [2.75, 3.05) is 13.7 Å². The lowest BCUT2D eigenvalue weighted by molar-refractivity contribution is 0.0919. The molecule has 4 nitrogen and oxygen atoms in total. The van der Waals surface area contributed by atoms with Gasteiger partial charge in [-0.1, -0.05) is 15.9 Å². The molecule has 1 amide bonds. The van der Waals surface area contributed by atoms with Crippen molar-refractivity contribution in [2.24, 2.45) is 0 Å². The first-order valence-electron chi connectivity index (χ1n) is 4.83. The number of carbonyl (C=O) groups is 1. The summed E-state index contributed by atoms with van der Waals surface area (Å²) in [4.78, 5) is 11.8. The average Bonchev–Trinajstić information content (AvgIpc) is 2.28. The van der Waals surface area contributed by atoms with Gasteiger partial charge in [0.25, 0.3) is 5.91 Å². The number of amides is 1. The molecule has 1 aromatic rings. The van der Waals surface area contributed by atoms with Crippen LogP contribution in [0.3, 0.4) is 0 Å². The molecule has 16 heavy (non-hydrogen) atoms. The Bertz CT molecular complexity index is 381. The van der Waals surface area contributed by atoms with Crippen molar-refractivity contribution < 1.29 is 14.6 Å². The highest BCUT2D eigenvalue weighted by molar-refractivity contribution is 9.10. The van der Waals surface area contributed by atoms with Crippen LogP contribution in [0.25, 0.3) is 0 Å². The number of hydrogen-bond acceptors (Lipinski definition) is 3. The van der Waals surface area contributed by atoms with E-state index in [2.05, 4.69) is 21.2 Å². The van der Waals surface area contributed by atoms with Crippen LogP contribution in [0.5, 0.6) is 5.75 Å². The van der Waals surface area contributed by atoms with Crippen molar-refractivity contribution in [2.45, 2.75) is 13.0 Å². The van der Waals surface area contributed by atoms with E-state index in [1.165, 1.54) is 7.11 Å². The molecule has 1 atom stereocenters. The predicted molar refractivity (Wildman–Crippen MR) is 64.7 cm³/mol. The first-order chi connectivity index (χ1) is 7.58. The van der Waals surface area contributed by atoms with Crippen LogP contribution in [0.4, 0.5) is 0 Å². The zero-order chi connectivity index (χ0) is 12.1. The van der Waals surface area contributed by atoms with Gasteiger partial charge in [-0.25, -0.2) is 0 Å². The van der Waals surface area contributed by atoms with E-state index in [0.29, 0.717) is 11.3 Å². The summed E-state index contributed by atoms with van der Waals surface area (Å²) in [6.45, 7) is 1.63. The molecule has 2 N–H and O–H groups in total. The summed E-state index contributed by atoms with van der Waals surface area (Å²) in [6, 6.07) is 4.88. The molecule has 1 rings (SSSR count). The Morgan fingerprint density at radius 2 is 2.31 bits per heavy atom. The molecular weight excluding hydrogens is 274 g/mol. The fraction of sp³-hybridized carbons (Fsp3) is 0.364. The highest BCUT2D eigenvalue weighted by atomic mass is 79.9. The second-order valence-corrected chi connectivity index (χ2v) is 4.32. The summed E-state index contributed by atoms with van der Waals surface area (Å²) in [5.74, 6) is 0.239. The van der Waals surface area contributed by atoms with Gasteiger partial charge in [0, 0.05) is 10.5 Å². The Morgan fingerprint density at radius 3 is 2.88 bits per heavy atom. The number of nitrogens with one attached hydrogen (secondary N) is 1. The number of halogens is 1. The van der Waals surface area contributed by atoms with E-state index in [1.807, 2.05) is 0 Å². The Hall–Kier alpha value is -1.07. The number of ether oxygens (including phenoxy) is 1. The molecule has 0 spiro atoms. The van der Waals surface area contributed by atoms with Crippen molar-refractivity contribution in [3.8, 4) is 5.75 Å². The molecular formula is C11H14BrNO3. The number of benzene rings is 1. The van der Waals surface area contributed by atoms with Crippen LogP contribution >= 0.6 is 15.9 Å². The van der Waals surface area contributed by atoms with Gasteiger partial charge in [-0.05, 0) is 25.1 Å². The third-order valence-electron chi connectivity index (χ3n) is 2.06. The van der Waals surface area contributed by atoms with Crippen molar-refractivity contribution >= 4 is 21.8 Å². The van der Waals surface area contributed by atoms with Crippen LogP contribution in [0.2, 0.25) is 0 Å². The van der Waals surface area contributed by atoms with Gasteiger partial charge in [0.15, 0.2) is 0 Å². The topological polar surface area (TPSA) is 58.6 Å². The number of aliphatic hydroxyl groups excluding tert-OH is 1. The van der Waals surface area contributed by atoms with Gasteiger partial charge in [-0.3, -0.25) is 4.79 Å². The Labute approximate surface area is 103 Å². The molecule has 88 valence electrons. The maximum absolute atomic E-state index is 11.8. The molecule has 0 aliphatic carbocycles. The van der Waals surface area contributed by atoms with Gasteiger partial charge < -0.3 is 15.2 Å². The van der Waals surface area contributed by atoms with Crippen LogP contribution in [-0.4, -0.2) is 30.8 Å². The van der Waals surface area contributed by atoms with Gasteiger partial charge in [0.05, 0.1) is 19.3 Å². The smallest absolute Gasteiger partial charge is 0.255 e. The quantitative estimate of drug-likeness (QED) is 0.884. The van der Waals surface area contributed by atoms with Gasteiger partial charge in [0.2, 0.25) is 0 Å². The minimum atomic E-state index is -0.277. The molecule has 0 bridgehead atoms. The molecule has 0 radical (unpaired) electrons. The maximum Gasteiger partial charge on any atom is 0.255 e. The zero-order valence-corrected chi connectivity index (χ0v) is 10.7. The molecule has 0 saturated carbocycles. The largest absolute Gasteiger partial charge is 0.496 e. The first-order valence-corrected chi connectivity index (χ1v) is 5.63. The number of rotatable bonds is 4. The summed E-state index contributed by atoms with van der Waals surface area (Å²) in [5.41, 5.74) is 0.450. The lowest BCUT2D eigenvalue weighted by Crippen LogP contribution is -2.35. The van der Waals surface area contributed by atoms with E-state index in [1.54, 1.807) is 25.1 Å². The number of aliphatic hydroxyl groups is 1. The van der Waals surface area contributed by atoms with Crippen molar-refractivity contribution in [3.05, 3.63) is 28.2 Å². The molecule has 0 aromatic heterocycles. The van der Waals surface area contributed by atoms with Crippen LogP contribution < -0.4 is 10.1 Å². The molecule has 0 saturated heterocycles. The third-order valence-corrected chi connectivity index (χ3v) is 2.55. The third kappa shape index (κ3) is 3.21. The Morgan fingerprint density at radius 1 is 1.62 bits per heavy atom. The molecule has 0 unspecified atom stereocenters. The predicted octanol–water partition coefficient (Wildman–Crippen LogP) is 1.57. The van der Waals surface area contributed by atoms with E-state index >= 15 is 0 Å². The van der Waals surface area contributed by atoms with E-state index in [4.69, 9.17) is 9.84 Å². The molecule has 0 aliphatic heterocycles. The number of hydrogen-bond donors (Lipinski definition) is 2. The number of carbonyl (C=O) groups excluding carboxylic acids is 1. The summed E-state index contributed by atoms with van der Waals surface area (Å²) >= 11 is 3.30. The maximum atomic E-state index is 11.8. The first kappa shape index (κ1) is 13.0. The normalized spacial score (nSPS) is 12.0. The monoisotopic (exact) mass is 287 g/mol. The minimum absolute atomic E-state index is 0.0927. The second-order valence-electron chi connectivity index (χ2n) is 3.40. The summed E-state index contributed by atoms with van der Waals surface area (Å²) in [7, 11) is 1.51. The van der Waals surface area contributed by atoms with Gasteiger partial charge in [-0.15, -0.1) is 0 Å². The average molecular weight is 288 g/mol. The van der Waals surface area contributed by atoms with Gasteiger partial charge >= 0.3 is 0 Å². The summed E-state index contributed by atoms with van der Waals surface area (Å²) in [6.07, 6.45) is 0. The SMILES string of the molecule is COc1cc(Br)ccc1C(=O)N[C@H](C)CO. The fourth-order valence-electron chi connectivity index (χ4n) is 1.20. The van der Waals surface area contributed by atoms with E-state index < -0.39 is 0 Å². The van der Waals surface area contributed by atoms with E-state index in [9.17, 15) is 4.79 Å². The lowest BCUT2D eigenvalue weighted by atomic mass is 10.2. The summed E-state index contributed by atoms with van der Waals surface area (Å²) in [5, 5.41) is 11.5. The van der Waals surface area contributed by atoms with E-state index in [-0.39, 0.29) is 18.6 Å². The molecule has 5 heteroatoms. The van der Waals surface area contributed by atoms with Crippen LogP contribution in [-0.2, 0) is 0 Å². The van der Waals surface area contributed by atoms with E-state index in [0.717, 1.165) is 4.47 Å². The van der Waals surface area contributed by atoms with Crippen molar-refractivity contribution in [1.82, 2.24) is 5.32 Å². The Balaban J connectivity index is 2.90. The van der Waals surface area contributed by atoms with Crippen LogP contribution in [0, 0.1) is 0 Å². The molecule has 0 aliphatic rings. The molecule has 0 fully saturated rings. The van der Waals surface area contributed by atoms with Gasteiger partial charge in [0.1, 0.15) is 5.75 Å². The van der Waals surface area contributed by atoms with Crippen LogP contribution in [0.15, 0.2) is 22.7 Å². The highest BCUT2D eigenvalue weighted by Crippen LogP contribution is 2.23. The fourth-order valence-corrected chi connectivity index (χ4v) is 1.54. The second kappa shape index (κ2) is 5.86. The standard InChI is InChI=1S/C11H14BrNO3/c1-7(6-14)13-11(15)9-4-3-8(12)5-10(9)16-2/h3-5,7,14H,6H2,1-2H3,(H,13,15)/t7-/m1/s1. The lowest BCUT2D eigenvalue weighted by Gasteiger charge is -2.13. The summed E-state index contributed by atoms with van der Waals surface area (Å²) < 4.78 is 5.95. The van der Waals surface area contributed by atoms with Crippen molar-refractivity contribution in [1.29, 1.82) is 0 Å². The van der Waals surface area contributed by atoms with Crippen LogP contribution in [0.1, 0.15) is 17.3 Å². The van der Waals surface area contributed by atoms with Crippen molar-refractivity contribution in [3.63, 3.8) is 0 Å². The highest BCUT2D eigenvalue weighted by Gasteiger charge is 2.14. The minimum Gasteiger partial charge on any atom is -0.496 e. The number of methoxy groups -OCH3 is 1. The molecule has 0 heterocycles. The zero-order valence-electron chi connectivity index (χ0n) is 9.16.